The average molecular weight is 293 g/mol. The summed E-state index contributed by atoms with van der Waals surface area (Å²) in [5, 5.41) is 4.91. The quantitative estimate of drug-likeness (QED) is 0.866. The fourth-order valence-electron chi connectivity index (χ4n) is 3.24. The first-order chi connectivity index (χ1) is 9.72. The van der Waals surface area contributed by atoms with Gasteiger partial charge in [0.2, 0.25) is 0 Å². The van der Waals surface area contributed by atoms with Crippen molar-refractivity contribution in [1.82, 2.24) is 10.3 Å². The van der Waals surface area contributed by atoms with Crippen LogP contribution in [-0.2, 0) is 13.0 Å². The van der Waals surface area contributed by atoms with Crippen molar-refractivity contribution < 1.29 is 0 Å². The summed E-state index contributed by atoms with van der Waals surface area (Å²) in [5.74, 6) is 0. The standard InChI is InChI=1S/C16H27N3S/c1-4-13-9-6-11(3)19(13)16-18-14(5-2)15(20-16)10-17-12-7-8-12/h11-13,17H,4-10H2,1-3H3. The van der Waals surface area contributed by atoms with Crippen molar-refractivity contribution in [3.05, 3.63) is 10.6 Å². The van der Waals surface area contributed by atoms with Crippen molar-refractivity contribution >= 4 is 16.5 Å². The van der Waals surface area contributed by atoms with Crippen molar-refractivity contribution in [2.24, 2.45) is 0 Å². The minimum atomic E-state index is 0.653. The maximum Gasteiger partial charge on any atom is 0.186 e. The van der Waals surface area contributed by atoms with Crippen molar-refractivity contribution in [1.29, 1.82) is 0 Å². The zero-order valence-electron chi connectivity index (χ0n) is 13.0. The maximum atomic E-state index is 4.96. The van der Waals surface area contributed by atoms with Gasteiger partial charge in [0.25, 0.3) is 0 Å². The lowest BCUT2D eigenvalue weighted by Crippen LogP contribution is -2.33. The Morgan fingerprint density at radius 1 is 1.25 bits per heavy atom. The van der Waals surface area contributed by atoms with Crippen LogP contribution < -0.4 is 10.2 Å². The molecule has 1 aromatic heterocycles. The highest BCUT2D eigenvalue weighted by Crippen LogP contribution is 2.36. The molecule has 3 nitrogen and oxygen atoms in total. The highest BCUT2D eigenvalue weighted by molar-refractivity contribution is 7.15. The zero-order chi connectivity index (χ0) is 14.1. The number of anilines is 1. The molecule has 2 atom stereocenters. The first kappa shape index (κ1) is 14.3. The molecule has 1 aliphatic heterocycles. The lowest BCUT2D eigenvalue weighted by molar-refractivity contribution is 0.625. The molecule has 112 valence electrons. The Balaban J connectivity index is 1.77. The van der Waals surface area contributed by atoms with Crippen LogP contribution in [0.25, 0.3) is 0 Å². The molecule has 2 heterocycles. The van der Waals surface area contributed by atoms with E-state index in [1.807, 2.05) is 11.3 Å². The molecule has 1 saturated carbocycles. The summed E-state index contributed by atoms with van der Waals surface area (Å²) in [5.41, 5.74) is 1.31. The van der Waals surface area contributed by atoms with E-state index in [4.69, 9.17) is 4.98 Å². The fourth-order valence-corrected chi connectivity index (χ4v) is 4.51. The van der Waals surface area contributed by atoms with Gasteiger partial charge < -0.3 is 10.2 Å². The minimum absolute atomic E-state index is 0.653. The summed E-state index contributed by atoms with van der Waals surface area (Å²) >= 11 is 1.93. The fraction of sp³-hybridized carbons (Fsp3) is 0.812. The number of nitrogens with one attached hydrogen (secondary N) is 1. The molecule has 0 spiro atoms. The molecule has 1 aromatic rings. The summed E-state index contributed by atoms with van der Waals surface area (Å²) < 4.78 is 0. The largest absolute Gasteiger partial charge is 0.342 e. The van der Waals surface area contributed by atoms with Gasteiger partial charge in [-0.3, -0.25) is 0 Å². The van der Waals surface area contributed by atoms with Crippen molar-refractivity contribution in [2.45, 2.75) is 84.0 Å². The van der Waals surface area contributed by atoms with E-state index in [9.17, 15) is 0 Å². The molecule has 20 heavy (non-hydrogen) atoms. The molecule has 0 aromatic carbocycles. The highest BCUT2D eigenvalue weighted by atomic mass is 32.1. The number of hydrogen-bond donors (Lipinski definition) is 1. The van der Waals surface area contributed by atoms with Crippen LogP contribution in [0.5, 0.6) is 0 Å². The van der Waals surface area contributed by atoms with Crippen LogP contribution in [-0.4, -0.2) is 23.1 Å². The Labute approximate surface area is 126 Å². The van der Waals surface area contributed by atoms with Gasteiger partial charge in [-0.1, -0.05) is 13.8 Å². The van der Waals surface area contributed by atoms with Crippen LogP contribution in [0.1, 0.15) is 63.4 Å². The van der Waals surface area contributed by atoms with Gasteiger partial charge in [0.15, 0.2) is 5.13 Å². The Bertz CT molecular complexity index is 453. The summed E-state index contributed by atoms with van der Waals surface area (Å²) in [6.45, 7) is 7.90. The van der Waals surface area contributed by atoms with Gasteiger partial charge in [-0.2, -0.15) is 0 Å². The number of aromatic nitrogens is 1. The lowest BCUT2D eigenvalue weighted by atomic mass is 10.2. The molecule has 0 radical (unpaired) electrons. The Morgan fingerprint density at radius 3 is 2.70 bits per heavy atom. The summed E-state index contributed by atoms with van der Waals surface area (Å²) in [7, 11) is 0. The van der Waals surface area contributed by atoms with Crippen LogP contribution in [0.3, 0.4) is 0 Å². The molecule has 2 aliphatic rings. The Morgan fingerprint density at radius 2 is 2.05 bits per heavy atom. The third-order valence-corrected chi connectivity index (χ3v) is 5.82. The van der Waals surface area contributed by atoms with Gasteiger partial charge >= 0.3 is 0 Å². The van der Waals surface area contributed by atoms with E-state index in [0.29, 0.717) is 12.1 Å². The van der Waals surface area contributed by atoms with Crippen LogP contribution in [0.4, 0.5) is 5.13 Å². The van der Waals surface area contributed by atoms with Gasteiger partial charge in [0.05, 0.1) is 5.69 Å². The summed E-state index contributed by atoms with van der Waals surface area (Å²) in [6, 6.07) is 2.13. The molecule has 2 fully saturated rings. The van der Waals surface area contributed by atoms with Crippen LogP contribution >= 0.6 is 11.3 Å². The van der Waals surface area contributed by atoms with Crippen molar-refractivity contribution in [3.8, 4) is 0 Å². The van der Waals surface area contributed by atoms with Crippen LogP contribution in [0, 0.1) is 0 Å². The van der Waals surface area contributed by atoms with Gasteiger partial charge in [-0.05, 0) is 45.4 Å². The van der Waals surface area contributed by atoms with Gasteiger partial charge in [0, 0.05) is 29.5 Å². The van der Waals surface area contributed by atoms with E-state index < -0.39 is 0 Å². The monoisotopic (exact) mass is 293 g/mol. The molecule has 4 heteroatoms. The van der Waals surface area contributed by atoms with Gasteiger partial charge in [-0.25, -0.2) is 4.98 Å². The first-order valence-corrected chi connectivity index (χ1v) is 9.04. The number of thiazole rings is 1. The molecule has 3 rings (SSSR count). The van der Waals surface area contributed by atoms with Crippen molar-refractivity contribution in [3.63, 3.8) is 0 Å². The predicted molar refractivity (Wildman–Crippen MR) is 86.6 cm³/mol. The molecule has 0 amide bonds. The van der Waals surface area contributed by atoms with E-state index in [-0.39, 0.29) is 0 Å². The number of hydrogen-bond acceptors (Lipinski definition) is 4. The number of nitrogens with zero attached hydrogens (tertiary/aromatic N) is 2. The molecular formula is C16H27N3S. The average Bonchev–Trinajstić information content (AvgIpc) is 3.08. The second-order valence-electron chi connectivity index (χ2n) is 6.27. The SMILES string of the molecule is CCc1nc(N2C(C)CCC2CC)sc1CNC1CC1. The molecule has 1 N–H and O–H groups in total. The van der Waals surface area contributed by atoms with E-state index in [1.54, 1.807) is 0 Å². The Kier molecular flexibility index (Phi) is 4.32. The molecular weight excluding hydrogens is 266 g/mol. The zero-order valence-corrected chi connectivity index (χ0v) is 13.8. The van der Waals surface area contributed by atoms with E-state index in [2.05, 4.69) is 31.0 Å². The lowest BCUT2D eigenvalue weighted by Gasteiger charge is -2.27. The van der Waals surface area contributed by atoms with E-state index in [1.165, 1.54) is 47.8 Å². The molecule has 1 aliphatic carbocycles. The number of rotatable bonds is 6. The topological polar surface area (TPSA) is 28.2 Å². The third-order valence-electron chi connectivity index (χ3n) is 4.71. The second kappa shape index (κ2) is 6.02. The summed E-state index contributed by atoms with van der Waals surface area (Å²) in [4.78, 5) is 9.01. The minimum Gasteiger partial charge on any atom is -0.342 e. The predicted octanol–water partition coefficient (Wildman–Crippen LogP) is 3.72. The smallest absolute Gasteiger partial charge is 0.186 e. The van der Waals surface area contributed by atoms with Crippen molar-refractivity contribution in [2.75, 3.05) is 4.90 Å². The van der Waals surface area contributed by atoms with Gasteiger partial charge in [0.1, 0.15) is 0 Å². The highest BCUT2D eigenvalue weighted by Gasteiger charge is 2.32. The summed E-state index contributed by atoms with van der Waals surface area (Å²) in [6.07, 6.45) is 7.64. The third kappa shape index (κ3) is 2.86. The molecule has 0 bridgehead atoms. The van der Waals surface area contributed by atoms with Gasteiger partial charge in [-0.15, -0.1) is 11.3 Å². The Hall–Kier alpha value is -0.610. The van der Waals surface area contributed by atoms with E-state index in [0.717, 1.165) is 19.0 Å². The molecule has 2 unspecified atom stereocenters. The van der Waals surface area contributed by atoms with Crippen LogP contribution in [0.2, 0.25) is 0 Å². The van der Waals surface area contributed by atoms with E-state index >= 15 is 0 Å². The maximum absolute atomic E-state index is 4.96. The molecule has 1 saturated heterocycles. The second-order valence-corrected chi connectivity index (χ2v) is 7.33. The number of aryl methyl sites for hydroxylation is 1. The first-order valence-electron chi connectivity index (χ1n) is 8.23. The normalized spacial score (nSPS) is 26.4. The van der Waals surface area contributed by atoms with Crippen LogP contribution in [0.15, 0.2) is 0 Å².